The molecule has 2 aliphatic heterocycles. The molecule has 2 atom stereocenters. The van der Waals surface area contributed by atoms with Crippen LogP contribution in [0.5, 0.6) is 0 Å². The van der Waals surface area contributed by atoms with Gasteiger partial charge in [0.25, 0.3) is 0 Å². The second kappa shape index (κ2) is 8.45. The maximum Gasteiger partial charge on any atom is 0.303 e. The predicted molar refractivity (Wildman–Crippen MR) is 93.0 cm³/mol. The fourth-order valence-corrected chi connectivity index (χ4v) is 3.59. The standard InChI is InChI=1S/C19H26N2O4/c22-18(23)7-6-17-12-16(14-25-17)19(24)21-10-8-20(9-11-21)13-15-4-2-1-3-5-15/h1-5,16-17H,6-14H2,(H,22,23). The van der Waals surface area contributed by atoms with E-state index in [4.69, 9.17) is 9.84 Å². The first-order valence-electron chi connectivity index (χ1n) is 9.00. The lowest BCUT2D eigenvalue weighted by atomic mass is 10.0. The molecule has 0 bridgehead atoms. The fourth-order valence-electron chi connectivity index (χ4n) is 3.59. The molecule has 6 nitrogen and oxygen atoms in total. The largest absolute Gasteiger partial charge is 0.481 e. The number of carboxylic acids is 1. The third-order valence-corrected chi connectivity index (χ3v) is 5.04. The van der Waals surface area contributed by atoms with Crippen LogP contribution in [0.2, 0.25) is 0 Å². The van der Waals surface area contributed by atoms with Gasteiger partial charge in [0.2, 0.25) is 5.91 Å². The summed E-state index contributed by atoms with van der Waals surface area (Å²) in [6, 6.07) is 10.4. The molecule has 2 heterocycles. The van der Waals surface area contributed by atoms with Gasteiger partial charge >= 0.3 is 5.97 Å². The molecule has 2 saturated heterocycles. The van der Waals surface area contributed by atoms with Crippen LogP contribution in [0.4, 0.5) is 0 Å². The molecule has 0 spiro atoms. The summed E-state index contributed by atoms with van der Waals surface area (Å²) in [5.74, 6) is -0.760. The minimum atomic E-state index is -0.812. The lowest BCUT2D eigenvalue weighted by Gasteiger charge is -2.35. The zero-order valence-electron chi connectivity index (χ0n) is 14.5. The first-order valence-corrected chi connectivity index (χ1v) is 9.00. The Bertz CT molecular complexity index is 584. The van der Waals surface area contributed by atoms with Crippen LogP contribution in [0.25, 0.3) is 0 Å². The molecular weight excluding hydrogens is 320 g/mol. The van der Waals surface area contributed by atoms with Gasteiger partial charge in [-0.3, -0.25) is 14.5 Å². The smallest absolute Gasteiger partial charge is 0.303 e. The maximum absolute atomic E-state index is 12.7. The van der Waals surface area contributed by atoms with Gasteiger partial charge in [-0.05, 0) is 18.4 Å². The van der Waals surface area contributed by atoms with Gasteiger partial charge in [-0.2, -0.15) is 0 Å². The number of carbonyl (C=O) groups excluding carboxylic acids is 1. The molecule has 0 aromatic heterocycles. The lowest BCUT2D eigenvalue weighted by molar-refractivity contribution is -0.138. The number of carboxylic acid groups (broad SMARTS) is 1. The highest BCUT2D eigenvalue weighted by Crippen LogP contribution is 2.25. The molecule has 1 aromatic rings. The minimum absolute atomic E-state index is 0.0931. The van der Waals surface area contributed by atoms with Crippen molar-refractivity contribution in [3.05, 3.63) is 35.9 Å². The van der Waals surface area contributed by atoms with E-state index in [2.05, 4.69) is 29.2 Å². The summed E-state index contributed by atoms with van der Waals surface area (Å²) in [7, 11) is 0. The molecular formula is C19H26N2O4. The second-order valence-electron chi connectivity index (χ2n) is 6.91. The zero-order chi connectivity index (χ0) is 17.6. The average Bonchev–Trinajstić information content (AvgIpc) is 3.10. The first-order chi connectivity index (χ1) is 12.1. The van der Waals surface area contributed by atoms with E-state index in [1.807, 2.05) is 11.0 Å². The Hall–Kier alpha value is -1.92. The van der Waals surface area contributed by atoms with Gasteiger partial charge in [-0.25, -0.2) is 0 Å². The molecule has 1 N–H and O–H groups in total. The number of piperazine rings is 1. The molecule has 6 heteroatoms. The third-order valence-electron chi connectivity index (χ3n) is 5.04. The van der Waals surface area contributed by atoms with Crippen LogP contribution in [0, 0.1) is 5.92 Å². The summed E-state index contributed by atoms with van der Waals surface area (Å²) in [5, 5.41) is 8.75. The van der Waals surface area contributed by atoms with E-state index in [9.17, 15) is 9.59 Å². The Kier molecular flexibility index (Phi) is 6.04. The van der Waals surface area contributed by atoms with Gasteiger partial charge in [0.05, 0.1) is 18.6 Å². The number of nitrogens with zero attached hydrogens (tertiary/aromatic N) is 2. The molecule has 0 saturated carbocycles. The fraction of sp³-hybridized carbons (Fsp3) is 0.579. The molecule has 0 aliphatic carbocycles. The molecule has 1 aromatic carbocycles. The molecule has 2 fully saturated rings. The van der Waals surface area contributed by atoms with Crippen molar-refractivity contribution in [3.63, 3.8) is 0 Å². The van der Waals surface area contributed by atoms with Crippen LogP contribution in [0.1, 0.15) is 24.8 Å². The van der Waals surface area contributed by atoms with E-state index in [1.54, 1.807) is 0 Å². The third kappa shape index (κ3) is 5.03. The number of carbonyl (C=O) groups is 2. The Morgan fingerprint density at radius 2 is 1.84 bits per heavy atom. The highest BCUT2D eigenvalue weighted by atomic mass is 16.5. The number of rotatable bonds is 6. The number of ether oxygens (including phenoxy) is 1. The summed E-state index contributed by atoms with van der Waals surface area (Å²) in [4.78, 5) is 27.6. The van der Waals surface area contributed by atoms with Gasteiger partial charge in [-0.15, -0.1) is 0 Å². The van der Waals surface area contributed by atoms with Crippen LogP contribution in [0.15, 0.2) is 30.3 Å². The van der Waals surface area contributed by atoms with E-state index in [1.165, 1.54) is 5.56 Å². The van der Waals surface area contributed by atoms with Crippen molar-refractivity contribution in [3.8, 4) is 0 Å². The van der Waals surface area contributed by atoms with Crippen LogP contribution in [-0.2, 0) is 20.9 Å². The van der Waals surface area contributed by atoms with Crippen molar-refractivity contribution in [2.45, 2.75) is 31.9 Å². The van der Waals surface area contributed by atoms with Crippen molar-refractivity contribution in [2.75, 3.05) is 32.8 Å². The maximum atomic E-state index is 12.7. The Balaban J connectivity index is 1.42. The van der Waals surface area contributed by atoms with Crippen LogP contribution in [-0.4, -0.2) is 65.7 Å². The van der Waals surface area contributed by atoms with E-state index >= 15 is 0 Å². The second-order valence-corrected chi connectivity index (χ2v) is 6.91. The predicted octanol–water partition coefficient (Wildman–Crippen LogP) is 1.60. The molecule has 3 rings (SSSR count). The topological polar surface area (TPSA) is 70.1 Å². The van der Waals surface area contributed by atoms with Gasteiger partial charge in [0.15, 0.2) is 0 Å². The highest BCUT2D eigenvalue weighted by Gasteiger charge is 2.34. The van der Waals surface area contributed by atoms with Crippen LogP contribution >= 0.6 is 0 Å². The Morgan fingerprint density at radius 3 is 2.52 bits per heavy atom. The number of hydrogen-bond donors (Lipinski definition) is 1. The average molecular weight is 346 g/mol. The van der Waals surface area contributed by atoms with E-state index < -0.39 is 5.97 Å². The summed E-state index contributed by atoms with van der Waals surface area (Å²) >= 11 is 0. The SMILES string of the molecule is O=C(O)CCC1CC(C(=O)N2CCN(Cc3ccccc3)CC2)CO1. The van der Waals surface area contributed by atoms with E-state index in [-0.39, 0.29) is 24.3 Å². The summed E-state index contributed by atoms with van der Waals surface area (Å²) in [6.07, 6.45) is 1.15. The Labute approximate surface area is 148 Å². The zero-order valence-corrected chi connectivity index (χ0v) is 14.5. The molecule has 0 radical (unpaired) electrons. The number of hydrogen-bond acceptors (Lipinski definition) is 4. The van der Waals surface area contributed by atoms with E-state index in [0.29, 0.717) is 19.4 Å². The minimum Gasteiger partial charge on any atom is -0.481 e. The highest BCUT2D eigenvalue weighted by molar-refractivity contribution is 5.79. The van der Waals surface area contributed by atoms with Crippen LogP contribution < -0.4 is 0 Å². The van der Waals surface area contributed by atoms with Gasteiger partial charge in [0, 0.05) is 39.1 Å². The molecule has 2 aliphatic rings. The van der Waals surface area contributed by atoms with Crippen molar-refractivity contribution >= 4 is 11.9 Å². The summed E-state index contributed by atoms with van der Waals surface area (Å²) in [5.41, 5.74) is 1.30. The first kappa shape index (κ1) is 17.9. The van der Waals surface area contributed by atoms with E-state index in [0.717, 1.165) is 32.7 Å². The van der Waals surface area contributed by atoms with Crippen molar-refractivity contribution in [1.29, 1.82) is 0 Å². The van der Waals surface area contributed by atoms with Gasteiger partial charge in [0.1, 0.15) is 0 Å². The molecule has 25 heavy (non-hydrogen) atoms. The molecule has 136 valence electrons. The van der Waals surface area contributed by atoms with Crippen LogP contribution in [0.3, 0.4) is 0 Å². The normalized spacial score (nSPS) is 24.4. The van der Waals surface area contributed by atoms with Crippen molar-refractivity contribution < 1.29 is 19.4 Å². The number of aliphatic carboxylic acids is 1. The monoisotopic (exact) mass is 346 g/mol. The quantitative estimate of drug-likeness (QED) is 0.847. The Morgan fingerprint density at radius 1 is 1.12 bits per heavy atom. The number of amides is 1. The van der Waals surface area contributed by atoms with Gasteiger partial charge in [-0.1, -0.05) is 30.3 Å². The number of benzene rings is 1. The summed E-state index contributed by atoms with van der Waals surface area (Å²) < 4.78 is 5.61. The molecule has 1 amide bonds. The summed E-state index contributed by atoms with van der Waals surface area (Å²) in [6.45, 7) is 4.62. The van der Waals surface area contributed by atoms with Crippen molar-refractivity contribution in [1.82, 2.24) is 9.80 Å². The lowest BCUT2D eigenvalue weighted by Crippen LogP contribution is -2.50. The van der Waals surface area contributed by atoms with Gasteiger partial charge < -0.3 is 14.7 Å². The molecule has 2 unspecified atom stereocenters. The van der Waals surface area contributed by atoms with Crippen molar-refractivity contribution in [2.24, 2.45) is 5.92 Å².